The maximum absolute atomic E-state index is 5.91. The van der Waals surface area contributed by atoms with Crippen molar-refractivity contribution >= 4 is 33.4 Å². The molecular formula is C28H18ClN3Ni. The predicted molar refractivity (Wildman–Crippen MR) is 132 cm³/mol. The van der Waals surface area contributed by atoms with E-state index in [1.54, 1.807) is 6.07 Å². The number of para-hydroxylation sites is 2. The van der Waals surface area contributed by atoms with Crippen molar-refractivity contribution in [1.82, 2.24) is 15.0 Å². The molecule has 33 heavy (non-hydrogen) atoms. The van der Waals surface area contributed by atoms with Crippen LogP contribution in [0.4, 0.5) is 0 Å². The summed E-state index contributed by atoms with van der Waals surface area (Å²) >= 11 is 5.91. The van der Waals surface area contributed by atoms with Crippen LogP contribution in [0.2, 0.25) is 5.15 Å². The summed E-state index contributed by atoms with van der Waals surface area (Å²) in [6, 6.07) is 38.8. The summed E-state index contributed by atoms with van der Waals surface area (Å²) in [5, 5.41) is 2.96. The molecule has 3 nitrogen and oxygen atoms in total. The predicted octanol–water partition coefficient (Wildman–Crippen LogP) is 7.21. The fourth-order valence-electron chi connectivity index (χ4n) is 3.56. The number of rotatable bonds is 2. The van der Waals surface area contributed by atoms with E-state index in [-0.39, 0.29) is 16.5 Å². The SMILES string of the molecule is Clc1cccc(-c2cccc(-c3[c-]cccc3)n2)n1.[Ni+2].c1ccc2c(c1)[n-]c1ccccc12. The van der Waals surface area contributed by atoms with Crippen LogP contribution in [-0.2, 0) is 16.5 Å². The third-order valence-electron chi connectivity index (χ3n) is 5.05. The van der Waals surface area contributed by atoms with Gasteiger partial charge in [0.2, 0.25) is 0 Å². The van der Waals surface area contributed by atoms with E-state index in [9.17, 15) is 0 Å². The number of halogens is 1. The molecule has 0 aliphatic heterocycles. The van der Waals surface area contributed by atoms with Crippen molar-refractivity contribution in [1.29, 1.82) is 0 Å². The normalized spacial score (nSPS) is 10.3. The minimum Gasteiger partial charge on any atom is -0.657 e. The number of aromatic nitrogens is 3. The Morgan fingerprint density at radius 1 is 0.576 bits per heavy atom. The Labute approximate surface area is 207 Å². The summed E-state index contributed by atoms with van der Waals surface area (Å²) in [5.74, 6) is 0. The smallest absolute Gasteiger partial charge is 0.657 e. The second kappa shape index (κ2) is 10.4. The molecule has 0 fully saturated rings. The quantitative estimate of drug-likeness (QED) is 0.146. The van der Waals surface area contributed by atoms with Crippen molar-refractivity contribution in [2.75, 3.05) is 0 Å². The molecule has 3 aromatic carbocycles. The van der Waals surface area contributed by atoms with E-state index in [4.69, 9.17) is 11.6 Å². The van der Waals surface area contributed by atoms with Gasteiger partial charge in [-0.25, -0.2) is 4.98 Å². The molecule has 162 valence electrons. The van der Waals surface area contributed by atoms with Crippen molar-refractivity contribution in [3.8, 4) is 22.6 Å². The number of nitrogens with zero attached hydrogens (tertiary/aromatic N) is 3. The minimum atomic E-state index is 0. The van der Waals surface area contributed by atoms with Crippen LogP contribution in [0.3, 0.4) is 0 Å². The van der Waals surface area contributed by atoms with Crippen molar-refractivity contribution in [2.45, 2.75) is 0 Å². The standard InChI is InChI=1S/C16H10ClN2.C12H8N.Ni/c17-16-11-5-10-15(19-16)14-9-4-8-13(18-14)12-6-2-1-3-7-12;1-3-7-11-9(5-1)10-6-2-4-8-12(10)13-11;/h1-6,8-11H;1-8H;/q2*-1;+2. The summed E-state index contributed by atoms with van der Waals surface area (Å²) < 4.78 is 0. The van der Waals surface area contributed by atoms with Crippen molar-refractivity contribution in [2.24, 2.45) is 0 Å². The van der Waals surface area contributed by atoms with E-state index in [1.807, 2.05) is 66.7 Å². The molecular weight excluding hydrogens is 472 g/mol. The van der Waals surface area contributed by atoms with Crippen molar-refractivity contribution in [3.05, 3.63) is 120 Å². The minimum absolute atomic E-state index is 0. The molecule has 0 aliphatic rings. The Morgan fingerprint density at radius 2 is 1.15 bits per heavy atom. The first-order valence-corrected chi connectivity index (χ1v) is 10.6. The number of hydrogen-bond acceptors (Lipinski definition) is 2. The Hall–Kier alpha value is -3.46. The second-order valence-corrected chi connectivity index (χ2v) is 7.56. The third-order valence-corrected chi connectivity index (χ3v) is 5.26. The summed E-state index contributed by atoms with van der Waals surface area (Å²) in [7, 11) is 0. The first kappa shape index (κ1) is 22.7. The fourth-order valence-corrected chi connectivity index (χ4v) is 3.72. The van der Waals surface area contributed by atoms with Crippen LogP contribution in [0.5, 0.6) is 0 Å². The maximum atomic E-state index is 5.91. The molecule has 3 heterocycles. The molecule has 0 atom stereocenters. The molecule has 0 saturated carbocycles. The molecule has 6 aromatic rings. The van der Waals surface area contributed by atoms with Gasteiger partial charge in [-0.2, -0.15) is 0 Å². The zero-order valence-corrected chi connectivity index (χ0v) is 19.2. The van der Waals surface area contributed by atoms with Gasteiger partial charge in [-0.3, -0.25) is 4.98 Å². The maximum Gasteiger partial charge on any atom is 2.00 e. The summed E-state index contributed by atoms with van der Waals surface area (Å²) in [6.07, 6.45) is 0. The summed E-state index contributed by atoms with van der Waals surface area (Å²) in [5.41, 5.74) is 5.58. The molecule has 0 saturated heterocycles. The van der Waals surface area contributed by atoms with Crippen LogP contribution < -0.4 is 4.98 Å². The van der Waals surface area contributed by atoms with Gasteiger partial charge >= 0.3 is 16.5 Å². The molecule has 0 bridgehead atoms. The molecule has 6 rings (SSSR count). The summed E-state index contributed by atoms with van der Waals surface area (Å²) in [4.78, 5) is 13.4. The van der Waals surface area contributed by atoms with E-state index >= 15 is 0 Å². The molecule has 0 aliphatic carbocycles. The Morgan fingerprint density at radius 3 is 1.79 bits per heavy atom. The van der Waals surface area contributed by atoms with Crippen molar-refractivity contribution < 1.29 is 16.5 Å². The average molecular weight is 491 g/mol. The van der Waals surface area contributed by atoms with Gasteiger partial charge in [-0.15, -0.1) is 46.9 Å². The first-order valence-electron chi connectivity index (χ1n) is 10.3. The van der Waals surface area contributed by atoms with Gasteiger partial charge in [0.25, 0.3) is 0 Å². The van der Waals surface area contributed by atoms with E-state index in [2.05, 4.69) is 57.4 Å². The van der Waals surface area contributed by atoms with Gasteiger partial charge in [-0.1, -0.05) is 78.3 Å². The topological polar surface area (TPSA) is 39.9 Å². The molecule has 0 spiro atoms. The molecule has 5 heteroatoms. The monoisotopic (exact) mass is 489 g/mol. The van der Waals surface area contributed by atoms with Crippen LogP contribution in [0.25, 0.3) is 44.5 Å². The van der Waals surface area contributed by atoms with E-state index in [0.29, 0.717) is 5.15 Å². The van der Waals surface area contributed by atoms with Gasteiger partial charge < -0.3 is 4.98 Å². The van der Waals surface area contributed by atoms with Gasteiger partial charge in [0.15, 0.2) is 0 Å². The largest absolute Gasteiger partial charge is 2.00 e. The Kier molecular flexibility index (Phi) is 7.19. The average Bonchev–Trinajstić information content (AvgIpc) is 3.24. The van der Waals surface area contributed by atoms with Gasteiger partial charge in [-0.05, 0) is 34.7 Å². The van der Waals surface area contributed by atoms with E-state index < -0.39 is 0 Å². The van der Waals surface area contributed by atoms with Crippen LogP contribution in [0.15, 0.2) is 109 Å². The van der Waals surface area contributed by atoms with Crippen LogP contribution in [0, 0.1) is 6.07 Å². The van der Waals surface area contributed by atoms with Crippen molar-refractivity contribution in [3.63, 3.8) is 0 Å². The summed E-state index contributed by atoms with van der Waals surface area (Å²) in [6.45, 7) is 0. The van der Waals surface area contributed by atoms with E-state index in [0.717, 1.165) is 33.7 Å². The van der Waals surface area contributed by atoms with Gasteiger partial charge in [0, 0.05) is 0 Å². The van der Waals surface area contributed by atoms with E-state index in [1.165, 1.54) is 10.8 Å². The molecule has 0 N–H and O–H groups in total. The van der Waals surface area contributed by atoms with Crippen LogP contribution >= 0.6 is 11.6 Å². The molecule has 0 unspecified atom stereocenters. The second-order valence-electron chi connectivity index (χ2n) is 7.18. The molecule has 0 radical (unpaired) electrons. The Bertz CT molecular complexity index is 1450. The molecule has 3 aromatic heterocycles. The van der Waals surface area contributed by atoms with Gasteiger partial charge in [0.05, 0.1) is 11.4 Å². The van der Waals surface area contributed by atoms with Crippen LogP contribution in [-0.4, -0.2) is 9.97 Å². The zero-order chi connectivity index (χ0) is 21.8. The first-order chi connectivity index (χ1) is 15.8. The Balaban J connectivity index is 0.000000162. The fraction of sp³-hybridized carbons (Fsp3) is 0. The third kappa shape index (κ3) is 5.14. The number of fused-ring (bicyclic) bond motifs is 3. The zero-order valence-electron chi connectivity index (χ0n) is 17.4. The number of hydrogen-bond donors (Lipinski definition) is 0. The number of pyridine rings is 2. The molecule has 0 amide bonds. The number of benzene rings is 3. The van der Waals surface area contributed by atoms with Crippen LogP contribution in [0.1, 0.15) is 0 Å². The van der Waals surface area contributed by atoms with Gasteiger partial charge in [0.1, 0.15) is 5.15 Å².